The molecule has 1 atom stereocenters. The molecule has 0 aromatic rings. The predicted molar refractivity (Wildman–Crippen MR) is 77.2 cm³/mol. The van der Waals surface area contributed by atoms with E-state index in [1.54, 1.807) is 0 Å². The van der Waals surface area contributed by atoms with E-state index in [2.05, 4.69) is 4.84 Å². The van der Waals surface area contributed by atoms with Crippen molar-refractivity contribution in [3.8, 4) is 0 Å². The summed E-state index contributed by atoms with van der Waals surface area (Å²) in [5.74, 6) is -3.36. The van der Waals surface area contributed by atoms with Crippen LogP contribution in [0, 0.1) is 0 Å². The third-order valence-corrected chi connectivity index (χ3v) is 4.13. The van der Waals surface area contributed by atoms with Crippen LogP contribution in [0.2, 0.25) is 0 Å². The van der Waals surface area contributed by atoms with Crippen molar-refractivity contribution < 1.29 is 41.7 Å². The van der Waals surface area contributed by atoms with Gasteiger partial charge in [-0.15, -0.1) is 5.06 Å². The van der Waals surface area contributed by atoms with Gasteiger partial charge in [0.2, 0.25) is 0 Å². The molecular weight excluding hydrogens is 346 g/mol. The molecule has 11 heteroatoms. The lowest BCUT2D eigenvalue weighted by Gasteiger charge is -2.15. The summed E-state index contributed by atoms with van der Waals surface area (Å²) >= 11 is 0. The van der Waals surface area contributed by atoms with Crippen molar-refractivity contribution in [1.29, 1.82) is 0 Å². The summed E-state index contributed by atoms with van der Waals surface area (Å²) in [5.41, 5.74) is 0. The van der Waals surface area contributed by atoms with Gasteiger partial charge in [-0.25, -0.2) is 13.2 Å². The van der Waals surface area contributed by atoms with Crippen molar-refractivity contribution in [3.05, 3.63) is 0 Å². The molecular formula is C13H20NO9S-. The Hall–Kier alpha value is -1.56. The van der Waals surface area contributed by atoms with Gasteiger partial charge in [-0.1, -0.05) is 13.3 Å². The lowest BCUT2D eigenvalue weighted by Crippen LogP contribution is -2.36. The molecule has 1 aliphatic rings. The number of ether oxygens (including phenoxy) is 2. The quantitative estimate of drug-likeness (QED) is 0.265. The summed E-state index contributed by atoms with van der Waals surface area (Å²) in [7, 11) is -4.98. The van der Waals surface area contributed by atoms with Crippen molar-refractivity contribution >= 4 is 27.9 Å². The monoisotopic (exact) mass is 366 g/mol. The highest BCUT2D eigenvalue weighted by molar-refractivity contribution is 7.87. The second kappa shape index (κ2) is 9.67. The first-order valence-electron chi connectivity index (χ1n) is 7.45. The average molecular weight is 366 g/mol. The third kappa shape index (κ3) is 6.51. The number of amides is 2. The standard InChI is InChI=1S/C13H21NO9S/c1-2-3-5-21-7-8-22-6-4-12(16)23-14-11(15)9-10(13(14)17)24(18,19)20/h10H,2-9H2,1H3,(H,18,19,20)/p-1. The van der Waals surface area contributed by atoms with E-state index >= 15 is 0 Å². The zero-order chi connectivity index (χ0) is 18.2. The molecule has 0 aromatic heterocycles. The molecule has 1 heterocycles. The molecule has 1 unspecified atom stereocenters. The van der Waals surface area contributed by atoms with Crippen LogP contribution in [0.1, 0.15) is 32.6 Å². The normalized spacial score (nSPS) is 18.2. The van der Waals surface area contributed by atoms with Crippen LogP contribution in [0.15, 0.2) is 0 Å². The topological polar surface area (TPSA) is 139 Å². The Labute approximate surface area is 139 Å². The molecule has 1 rings (SSSR count). The molecule has 1 aliphatic heterocycles. The van der Waals surface area contributed by atoms with Crippen molar-refractivity contribution in [2.24, 2.45) is 0 Å². The van der Waals surface area contributed by atoms with Gasteiger partial charge in [-0.05, 0) is 6.42 Å². The molecule has 0 saturated carbocycles. The van der Waals surface area contributed by atoms with E-state index in [-0.39, 0.29) is 24.7 Å². The third-order valence-electron chi connectivity index (χ3n) is 3.07. The van der Waals surface area contributed by atoms with Crippen LogP contribution in [-0.2, 0) is 38.8 Å². The Bertz CT molecular complexity index is 560. The van der Waals surface area contributed by atoms with E-state index in [1.807, 2.05) is 6.92 Å². The van der Waals surface area contributed by atoms with E-state index in [4.69, 9.17) is 9.47 Å². The van der Waals surface area contributed by atoms with Crippen LogP contribution in [0.25, 0.3) is 0 Å². The van der Waals surface area contributed by atoms with E-state index < -0.39 is 39.6 Å². The van der Waals surface area contributed by atoms with E-state index in [9.17, 15) is 27.4 Å². The molecule has 2 amide bonds. The summed E-state index contributed by atoms with van der Waals surface area (Å²) in [5, 5.41) is -2.02. The molecule has 0 bridgehead atoms. The van der Waals surface area contributed by atoms with Gasteiger partial charge < -0.3 is 18.9 Å². The number of hydroxylamine groups is 2. The number of nitrogens with zero attached hydrogens (tertiary/aromatic N) is 1. The second-order valence-corrected chi connectivity index (χ2v) is 6.56. The molecule has 0 N–H and O–H groups in total. The average Bonchev–Trinajstić information content (AvgIpc) is 2.78. The van der Waals surface area contributed by atoms with Crippen LogP contribution in [0.5, 0.6) is 0 Å². The molecule has 138 valence electrons. The Morgan fingerprint density at radius 3 is 2.38 bits per heavy atom. The molecule has 0 aromatic carbocycles. The zero-order valence-corrected chi connectivity index (χ0v) is 14.1. The smallest absolute Gasteiger partial charge is 0.335 e. The van der Waals surface area contributed by atoms with E-state index in [1.165, 1.54) is 0 Å². The van der Waals surface area contributed by atoms with Crippen LogP contribution in [0.3, 0.4) is 0 Å². The fourth-order valence-corrected chi connectivity index (χ4v) is 2.46. The van der Waals surface area contributed by atoms with Crippen molar-refractivity contribution in [2.45, 2.75) is 37.9 Å². The van der Waals surface area contributed by atoms with Crippen LogP contribution in [0.4, 0.5) is 0 Å². The largest absolute Gasteiger partial charge is 0.747 e. The van der Waals surface area contributed by atoms with E-state index in [0.717, 1.165) is 12.8 Å². The number of rotatable bonds is 11. The molecule has 1 fully saturated rings. The minimum atomic E-state index is -4.98. The van der Waals surface area contributed by atoms with Gasteiger partial charge >= 0.3 is 5.97 Å². The van der Waals surface area contributed by atoms with Gasteiger partial charge in [0.25, 0.3) is 11.8 Å². The summed E-state index contributed by atoms with van der Waals surface area (Å²) < 4.78 is 42.8. The predicted octanol–water partition coefficient (Wildman–Crippen LogP) is -0.659. The van der Waals surface area contributed by atoms with Crippen LogP contribution in [-0.4, -0.2) is 67.5 Å². The molecule has 1 saturated heterocycles. The lowest BCUT2D eigenvalue weighted by molar-refractivity contribution is -0.198. The number of carbonyl (C=O) groups is 3. The fraction of sp³-hybridized carbons (Fsp3) is 0.769. The highest BCUT2D eigenvalue weighted by Gasteiger charge is 2.45. The number of hydrogen-bond donors (Lipinski definition) is 0. The van der Waals surface area contributed by atoms with Crippen LogP contribution < -0.4 is 0 Å². The number of carbonyl (C=O) groups excluding carboxylic acids is 3. The number of hydrogen-bond acceptors (Lipinski definition) is 9. The number of unbranched alkanes of at least 4 members (excludes halogenated alkanes) is 1. The van der Waals surface area contributed by atoms with Gasteiger partial charge in [0.15, 0.2) is 0 Å². The minimum absolute atomic E-state index is 0.0184. The Morgan fingerprint density at radius 1 is 1.21 bits per heavy atom. The fourth-order valence-electron chi connectivity index (χ4n) is 1.78. The van der Waals surface area contributed by atoms with Gasteiger partial charge in [0, 0.05) is 6.61 Å². The summed E-state index contributed by atoms with van der Waals surface area (Å²) in [4.78, 5) is 39.1. The van der Waals surface area contributed by atoms with Crippen molar-refractivity contribution in [2.75, 3.05) is 26.4 Å². The van der Waals surface area contributed by atoms with Crippen LogP contribution >= 0.6 is 0 Å². The van der Waals surface area contributed by atoms with Crippen molar-refractivity contribution in [1.82, 2.24) is 5.06 Å². The van der Waals surface area contributed by atoms with Gasteiger partial charge in [-0.3, -0.25) is 9.59 Å². The molecule has 24 heavy (non-hydrogen) atoms. The zero-order valence-electron chi connectivity index (χ0n) is 13.3. The SMILES string of the molecule is CCCCOCCOCCC(=O)ON1C(=O)CC(S(=O)(=O)[O-])C1=O. The lowest BCUT2D eigenvalue weighted by atomic mass is 10.4. The first-order chi connectivity index (χ1) is 11.3. The maximum Gasteiger partial charge on any atom is 0.335 e. The molecule has 0 radical (unpaired) electrons. The summed E-state index contributed by atoms with van der Waals surface area (Å²) in [6.45, 7) is 3.30. The Kier molecular flexibility index (Phi) is 8.25. The molecule has 0 spiro atoms. The molecule has 0 aliphatic carbocycles. The first kappa shape index (κ1) is 20.5. The van der Waals surface area contributed by atoms with Gasteiger partial charge in [0.05, 0.1) is 32.7 Å². The highest BCUT2D eigenvalue weighted by atomic mass is 32.2. The maximum absolute atomic E-state index is 11.6. The Morgan fingerprint density at radius 2 is 1.83 bits per heavy atom. The van der Waals surface area contributed by atoms with Gasteiger partial charge in [0.1, 0.15) is 15.4 Å². The maximum atomic E-state index is 11.6. The molecule has 10 nitrogen and oxygen atoms in total. The first-order valence-corrected chi connectivity index (χ1v) is 8.92. The van der Waals surface area contributed by atoms with Gasteiger partial charge in [-0.2, -0.15) is 0 Å². The summed E-state index contributed by atoms with van der Waals surface area (Å²) in [6, 6.07) is 0. The highest BCUT2D eigenvalue weighted by Crippen LogP contribution is 2.19. The second-order valence-electron chi connectivity index (χ2n) is 5.00. The van der Waals surface area contributed by atoms with Crippen molar-refractivity contribution in [3.63, 3.8) is 0 Å². The van der Waals surface area contributed by atoms with E-state index in [0.29, 0.717) is 13.2 Å². The minimum Gasteiger partial charge on any atom is -0.747 e. The number of imide groups is 1. The summed E-state index contributed by atoms with van der Waals surface area (Å²) in [6.07, 6.45) is 0.893. The Balaban J connectivity index is 2.26.